The molecule has 0 spiro atoms. The Morgan fingerprint density at radius 2 is 2.27 bits per heavy atom. The third-order valence-corrected chi connectivity index (χ3v) is 2.32. The van der Waals surface area contributed by atoms with Gasteiger partial charge in [0.05, 0.1) is 12.9 Å². The highest BCUT2D eigenvalue weighted by Crippen LogP contribution is 2.31. The number of hydrogen-bond donors (Lipinski definition) is 0. The molecule has 0 atom stereocenters. The van der Waals surface area contributed by atoms with Crippen molar-refractivity contribution in [3.8, 4) is 0 Å². The minimum absolute atomic E-state index is 1.08. The molecule has 0 radical (unpaired) electrons. The molecule has 0 saturated carbocycles. The molecule has 0 aromatic rings. The van der Waals surface area contributed by atoms with Gasteiger partial charge in [-0.25, -0.2) is 0 Å². The summed E-state index contributed by atoms with van der Waals surface area (Å²) in [5.74, 6) is 1.12. The van der Waals surface area contributed by atoms with Crippen LogP contribution >= 0.6 is 0 Å². The van der Waals surface area contributed by atoms with Crippen LogP contribution in [0.15, 0.2) is 35.1 Å². The standard InChI is InChI=1S/C10H12O/c1-11-10-6-5-8-3-2-4-9(8)7-10/h2,4,7H,3,5-6H2,1H3. The van der Waals surface area contributed by atoms with Crippen molar-refractivity contribution in [1.82, 2.24) is 0 Å². The maximum atomic E-state index is 5.19. The number of hydrogen-bond acceptors (Lipinski definition) is 1. The monoisotopic (exact) mass is 148 g/mol. The van der Waals surface area contributed by atoms with E-state index in [0.717, 1.165) is 18.6 Å². The van der Waals surface area contributed by atoms with Crippen LogP contribution in [-0.4, -0.2) is 7.11 Å². The van der Waals surface area contributed by atoms with Gasteiger partial charge in [-0.15, -0.1) is 0 Å². The molecule has 58 valence electrons. The Kier molecular flexibility index (Phi) is 1.57. The van der Waals surface area contributed by atoms with Gasteiger partial charge in [-0.3, -0.25) is 0 Å². The SMILES string of the molecule is COC1=CC2=C(CC=C2)CC1. The Bertz CT molecular complexity index is 256. The van der Waals surface area contributed by atoms with E-state index in [4.69, 9.17) is 4.74 Å². The van der Waals surface area contributed by atoms with Crippen molar-refractivity contribution < 1.29 is 4.74 Å². The molecule has 0 saturated heterocycles. The van der Waals surface area contributed by atoms with E-state index < -0.39 is 0 Å². The summed E-state index contributed by atoms with van der Waals surface area (Å²) in [7, 11) is 1.75. The van der Waals surface area contributed by atoms with Gasteiger partial charge in [0.2, 0.25) is 0 Å². The molecule has 11 heavy (non-hydrogen) atoms. The van der Waals surface area contributed by atoms with Crippen molar-refractivity contribution in [2.24, 2.45) is 0 Å². The summed E-state index contributed by atoms with van der Waals surface area (Å²) in [6.45, 7) is 0. The van der Waals surface area contributed by atoms with Crippen molar-refractivity contribution in [3.63, 3.8) is 0 Å². The zero-order chi connectivity index (χ0) is 7.68. The molecular weight excluding hydrogens is 136 g/mol. The van der Waals surface area contributed by atoms with Crippen molar-refractivity contribution in [2.75, 3.05) is 7.11 Å². The molecule has 0 aliphatic heterocycles. The van der Waals surface area contributed by atoms with E-state index in [-0.39, 0.29) is 0 Å². The smallest absolute Gasteiger partial charge is 0.0964 e. The van der Waals surface area contributed by atoms with Gasteiger partial charge in [0.1, 0.15) is 0 Å². The molecule has 0 unspecified atom stereocenters. The predicted octanol–water partition coefficient (Wildman–Crippen LogP) is 2.57. The summed E-state index contributed by atoms with van der Waals surface area (Å²) in [5.41, 5.74) is 2.96. The van der Waals surface area contributed by atoms with Gasteiger partial charge in [0.25, 0.3) is 0 Å². The van der Waals surface area contributed by atoms with Crippen LogP contribution in [0.4, 0.5) is 0 Å². The van der Waals surface area contributed by atoms with E-state index in [0.29, 0.717) is 0 Å². The van der Waals surface area contributed by atoms with E-state index in [1.807, 2.05) is 0 Å². The zero-order valence-corrected chi connectivity index (χ0v) is 6.76. The first-order valence-corrected chi connectivity index (χ1v) is 4.03. The van der Waals surface area contributed by atoms with E-state index in [1.54, 1.807) is 12.7 Å². The van der Waals surface area contributed by atoms with Gasteiger partial charge in [0, 0.05) is 6.42 Å². The van der Waals surface area contributed by atoms with Gasteiger partial charge in [-0.1, -0.05) is 17.7 Å². The van der Waals surface area contributed by atoms with Gasteiger partial charge < -0.3 is 4.74 Å². The Hall–Kier alpha value is -0.980. The van der Waals surface area contributed by atoms with E-state index in [2.05, 4.69) is 18.2 Å². The van der Waals surface area contributed by atoms with Gasteiger partial charge in [-0.05, 0) is 24.5 Å². The number of allylic oxidation sites excluding steroid dienone is 6. The fraction of sp³-hybridized carbons (Fsp3) is 0.400. The summed E-state index contributed by atoms with van der Waals surface area (Å²) in [4.78, 5) is 0. The topological polar surface area (TPSA) is 9.23 Å². The van der Waals surface area contributed by atoms with Crippen LogP contribution < -0.4 is 0 Å². The number of rotatable bonds is 1. The Morgan fingerprint density at radius 3 is 3.09 bits per heavy atom. The van der Waals surface area contributed by atoms with Crippen LogP contribution in [0.5, 0.6) is 0 Å². The molecule has 1 nitrogen and oxygen atoms in total. The van der Waals surface area contributed by atoms with Gasteiger partial charge >= 0.3 is 0 Å². The van der Waals surface area contributed by atoms with Gasteiger partial charge in [0.15, 0.2) is 0 Å². The predicted molar refractivity (Wildman–Crippen MR) is 45.1 cm³/mol. The van der Waals surface area contributed by atoms with Crippen molar-refractivity contribution >= 4 is 0 Å². The summed E-state index contributed by atoms with van der Waals surface area (Å²) in [6, 6.07) is 0. The molecule has 2 rings (SSSR count). The molecule has 0 heterocycles. The fourth-order valence-corrected chi connectivity index (χ4v) is 1.64. The largest absolute Gasteiger partial charge is 0.501 e. The molecule has 0 aromatic heterocycles. The van der Waals surface area contributed by atoms with Gasteiger partial charge in [-0.2, -0.15) is 0 Å². The highest BCUT2D eigenvalue weighted by Gasteiger charge is 2.13. The lowest BCUT2D eigenvalue weighted by Crippen LogP contribution is -1.96. The molecule has 0 N–H and O–H groups in total. The number of methoxy groups -OCH3 is 1. The average Bonchev–Trinajstić information content (AvgIpc) is 2.50. The normalized spacial score (nSPS) is 21.7. The second-order valence-corrected chi connectivity index (χ2v) is 2.98. The van der Waals surface area contributed by atoms with Crippen LogP contribution in [0.1, 0.15) is 19.3 Å². The lowest BCUT2D eigenvalue weighted by Gasteiger charge is -2.13. The van der Waals surface area contributed by atoms with Crippen molar-refractivity contribution in [1.29, 1.82) is 0 Å². The lowest BCUT2D eigenvalue weighted by molar-refractivity contribution is 0.275. The zero-order valence-electron chi connectivity index (χ0n) is 6.76. The second-order valence-electron chi connectivity index (χ2n) is 2.98. The van der Waals surface area contributed by atoms with Crippen LogP contribution in [0, 0.1) is 0 Å². The molecule has 1 heteroatoms. The van der Waals surface area contributed by atoms with E-state index in [1.165, 1.54) is 12.0 Å². The van der Waals surface area contributed by atoms with Crippen LogP contribution in [0.25, 0.3) is 0 Å². The maximum absolute atomic E-state index is 5.19. The van der Waals surface area contributed by atoms with Crippen LogP contribution in [0.3, 0.4) is 0 Å². The van der Waals surface area contributed by atoms with Crippen molar-refractivity contribution in [2.45, 2.75) is 19.3 Å². The average molecular weight is 148 g/mol. The molecule has 0 amide bonds. The molecule has 2 aliphatic carbocycles. The minimum Gasteiger partial charge on any atom is -0.501 e. The third kappa shape index (κ3) is 1.11. The minimum atomic E-state index is 1.08. The molecule has 0 aromatic carbocycles. The van der Waals surface area contributed by atoms with E-state index in [9.17, 15) is 0 Å². The molecule has 0 fully saturated rings. The second kappa shape index (κ2) is 2.57. The van der Waals surface area contributed by atoms with E-state index >= 15 is 0 Å². The maximum Gasteiger partial charge on any atom is 0.0964 e. The Balaban J connectivity index is 2.26. The molecule has 0 bridgehead atoms. The summed E-state index contributed by atoms with van der Waals surface area (Å²) in [5, 5.41) is 0. The number of ether oxygens (including phenoxy) is 1. The highest BCUT2D eigenvalue weighted by molar-refractivity contribution is 5.44. The Labute approximate surface area is 67.1 Å². The van der Waals surface area contributed by atoms with Crippen molar-refractivity contribution in [3.05, 3.63) is 35.1 Å². The quantitative estimate of drug-likeness (QED) is 0.555. The lowest BCUT2D eigenvalue weighted by atomic mass is 9.98. The molecular formula is C10H12O. The summed E-state index contributed by atoms with van der Waals surface area (Å²) in [6.07, 6.45) is 9.98. The highest BCUT2D eigenvalue weighted by atomic mass is 16.5. The first-order chi connectivity index (χ1) is 5.40. The molecule has 2 aliphatic rings. The fourth-order valence-electron chi connectivity index (χ4n) is 1.64. The summed E-state index contributed by atoms with van der Waals surface area (Å²) >= 11 is 0. The first kappa shape index (κ1) is 6.71. The Morgan fingerprint density at radius 1 is 1.36 bits per heavy atom. The third-order valence-electron chi connectivity index (χ3n) is 2.32. The summed E-state index contributed by atoms with van der Waals surface area (Å²) < 4.78 is 5.19. The van der Waals surface area contributed by atoms with Crippen LogP contribution in [0.2, 0.25) is 0 Å². The van der Waals surface area contributed by atoms with Crippen LogP contribution in [-0.2, 0) is 4.74 Å². The first-order valence-electron chi connectivity index (χ1n) is 4.03.